The fourth-order valence-corrected chi connectivity index (χ4v) is 1.54. The van der Waals surface area contributed by atoms with Gasteiger partial charge in [-0.1, -0.05) is 13.8 Å². The Morgan fingerprint density at radius 3 is 2.38 bits per heavy atom. The lowest BCUT2D eigenvalue weighted by atomic mass is 9.94. The Labute approximate surface area is 78.1 Å². The average Bonchev–Trinajstić information content (AvgIpc) is 2.06. The van der Waals surface area contributed by atoms with Crippen LogP contribution in [0.1, 0.15) is 20.3 Å². The molecule has 1 rings (SSSR count). The van der Waals surface area contributed by atoms with Crippen LogP contribution in [-0.2, 0) is 4.74 Å². The van der Waals surface area contributed by atoms with Gasteiger partial charge < -0.3 is 20.1 Å². The third-order valence-electron chi connectivity index (χ3n) is 2.31. The van der Waals surface area contributed by atoms with E-state index >= 15 is 0 Å². The van der Waals surface area contributed by atoms with Crippen LogP contribution in [0.4, 0.5) is 0 Å². The summed E-state index contributed by atoms with van der Waals surface area (Å²) in [4.78, 5) is 0. The molecular formula is C9H18O4. The molecule has 1 aliphatic rings. The smallest absolute Gasteiger partial charge is 0.111 e. The number of rotatable bonds is 2. The summed E-state index contributed by atoms with van der Waals surface area (Å²) in [6.07, 6.45) is -2.65. The van der Waals surface area contributed by atoms with Crippen LogP contribution in [0.5, 0.6) is 0 Å². The largest absolute Gasteiger partial charge is 0.388 e. The summed E-state index contributed by atoms with van der Waals surface area (Å²) in [7, 11) is 0. The van der Waals surface area contributed by atoms with E-state index < -0.39 is 18.3 Å². The van der Waals surface area contributed by atoms with Gasteiger partial charge in [0.1, 0.15) is 18.3 Å². The number of hydrogen-bond donors (Lipinski definition) is 3. The van der Waals surface area contributed by atoms with E-state index in [9.17, 15) is 10.2 Å². The Hall–Kier alpha value is -0.160. The Morgan fingerprint density at radius 1 is 1.23 bits per heavy atom. The van der Waals surface area contributed by atoms with Crippen molar-refractivity contribution in [3.63, 3.8) is 0 Å². The minimum atomic E-state index is -1.07. The molecule has 0 bridgehead atoms. The molecule has 0 amide bonds. The van der Waals surface area contributed by atoms with Gasteiger partial charge in [-0.3, -0.25) is 0 Å². The SMILES string of the molecule is CC(C)C[C@H]1OC[C@H](O)[C@H](O)[C@@H]1O. The van der Waals surface area contributed by atoms with Crippen molar-refractivity contribution in [3.05, 3.63) is 0 Å². The van der Waals surface area contributed by atoms with Crippen molar-refractivity contribution in [2.45, 2.75) is 44.7 Å². The van der Waals surface area contributed by atoms with Gasteiger partial charge in [0.15, 0.2) is 0 Å². The van der Waals surface area contributed by atoms with Gasteiger partial charge in [0.25, 0.3) is 0 Å². The molecule has 1 saturated heterocycles. The molecule has 1 heterocycles. The minimum Gasteiger partial charge on any atom is -0.388 e. The van der Waals surface area contributed by atoms with Gasteiger partial charge >= 0.3 is 0 Å². The van der Waals surface area contributed by atoms with Crippen molar-refractivity contribution < 1.29 is 20.1 Å². The zero-order valence-corrected chi connectivity index (χ0v) is 8.05. The lowest BCUT2D eigenvalue weighted by Crippen LogP contribution is -2.53. The maximum absolute atomic E-state index is 9.52. The summed E-state index contributed by atoms with van der Waals surface area (Å²) in [6, 6.07) is 0. The second-order valence-corrected chi connectivity index (χ2v) is 4.05. The molecule has 0 aromatic carbocycles. The molecule has 0 aliphatic carbocycles. The molecule has 4 heteroatoms. The van der Waals surface area contributed by atoms with Crippen molar-refractivity contribution in [1.29, 1.82) is 0 Å². The molecule has 1 aliphatic heterocycles. The van der Waals surface area contributed by atoms with Gasteiger partial charge in [0, 0.05) is 0 Å². The molecule has 4 nitrogen and oxygen atoms in total. The first-order chi connectivity index (χ1) is 6.02. The topological polar surface area (TPSA) is 69.9 Å². The van der Waals surface area contributed by atoms with Crippen molar-refractivity contribution in [2.75, 3.05) is 6.61 Å². The predicted molar refractivity (Wildman–Crippen MR) is 47.2 cm³/mol. The fourth-order valence-electron chi connectivity index (χ4n) is 1.54. The molecule has 0 aromatic rings. The Bertz CT molecular complexity index is 160. The number of hydrogen-bond acceptors (Lipinski definition) is 4. The highest BCUT2D eigenvalue weighted by Gasteiger charge is 2.37. The van der Waals surface area contributed by atoms with Crippen molar-refractivity contribution in [3.8, 4) is 0 Å². The molecule has 4 atom stereocenters. The number of aliphatic hydroxyl groups excluding tert-OH is 3. The van der Waals surface area contributed by atoms with Gasteiger partial charge in [0.05, 0.1) is 12.7 Å². The summed E-state index contributed by atoms with van der Waals surface area (Å²) in [5.41, 5.74) is 0. The molecule has 78 valence electrons. The zero-order valence-electron chi connectivity index (χ0n) is 8.05. The highest BCUT2D eigenvalue weighted by atomic mass is 16.5. The van der Waals surface area contributed by atoms with Crippen LogP contribution >= 0.6 is 0 Å². The molecule has 0 radical (unpaired) electrons. The standard InChI is InChI=1S/C9H18O4/c1-5(2)3-7-9(12)8(11)6(10)4-13-7/h5-12H,3-4H2,1-2H3/t6-,7+,8-,9+/m0/s1. The van der Waals surface area contributed by atoms with Crippen molar-refractivity contribution in [2.24, 2.45) is 5.92 Å². The molecule has 0 spiro atoms. The second kappa shape index (κ2) is 4.37. The summed E-state index contributed by atoms with van der Waals surface area (Å²) in [6.45, 7) is 4.15. The molecule has 3 N–H and O–H groups in total. The molecule has 0 unspecified atom stereocenters. The van der Waals surface area contributed by atoms with E-state index in [2.05, 4.69) is 0 Å². The highest BCUT2D eigenvalue weighted by molar-refractivity contribution is 4.86. The van der Waals surface area contributed by atoms with Crippen LogP contribution < -0.4 is 0 Å². The molecule has 13 heavy (non-hydrogen) atoms. The maximum atomic E-state index is 9.52. The van der Waals surface area contributed by atoms with Crippen LogP contribution in [-0.4, -0.2) is 46.3 Å². The monoisotopic (exact) mass is 190 g/mol. The van der Waals surface area contributed by atoms with Gasteiger partial charge in [-0.25, -0.2) is 0 Å². The minimum absolute atomic E-state index is 0.107. The Morgan fingerprint density at radius 2 is 1.85 bits per heavy atom. The third-order valence-corrected chi connectivity index (χ3v) is 2.31. The lowest BCUT2D eigenvalue weighted by molar-refractivity contribution is -0.190. The van der Waals surface area contributed by atoms with E-state index in [1.54, 1.807) is 0 Å². The third kappa shape index (κ3) is 2.64. The van der Waals surface area contributed by atoms with Crippen LogP contribution in [0, 0.1) is 5.92 Å². The van der Waals surface area contributed by atoms with E-state index in [0.29, 0.717) is 12.3 Å². The van der Waals surface area contributed by atoms with Gasteiger partial charge in [-0.15, -0.1) is 0 Å². The van der Waals surface area contributed by atoms with Crippen LogP contribution in [0.2, 0.25) is 0 Å². The van der Waals surface area contributed by atoms with E-state index in [1.807, 2.05) is 13.8 Å². The summed E-state index contributed by atoms with van der Waals surface area (Å²) in [5.74, 6) is 0.405. The number of ether oxygens (including phenoxy) is 1. The predicted octanol–water partition coefficient (Wildman–Crippen LogP) is -0.486. The molecule has 1 fully saturated rings. The normalized spacial score (nSPS) is 41.1. The number of aliphatic hydroxyl groups is 3. The first kappa shape index (κ1) is 10.9. The molecular weight excluding hydrogens is 172 g/mol. The van der Waals surface area contributed by atoms with Crippen LogP contribution in [0.3, 0.4) is 0 Å². The van der Waals surface area contributed by atoms with Gasteiger partial charge in [-0.05, 0) is 12.3 Å². The van der Waals surface area contributed by atoms with E-state index in [1.165, 1.54) is 0 Å². The van der Waals surface area contributed by atoms with Crippen LogP contribution in [0.25, 0.3) is 0 Å². The van der Waals surface area contributed by atoms with E-state index in [4.69, 9.17) is 9.84 Å². The maximum Gasteiger partial charge on any atom is 0.111 e. The average molecular weight is 190 g/mol. The Kier molecular flexibility index (Phi) is 3.67. The molecule has 0 aromatic heterocycles. The Balaban J connectivity index is 2.48. The summed E-state index contributed by atoms with van der Waals surface area (Å²) in [5, 5.41) is 28.0. The van der Waals surface area contributed by atoms with Gasteiger partial charge in [0.2, 0.25) is 0 Å². The summed E-state index contributed by atoms with van der Waals surface area (Å²) < 4.78 is 5.22. The highest BCUT2D eigenvalue weighted by Crippen LogP contribution is 2.20. The molecule has 0 saturated carbocycles. The van der Waals surface area contributed by atoms with Crippen molar-refractivity contribution in [1.82, 2.24) is 0 Å². The quantitative estimate of drug-likeness (QED) is 0.550. The van der Waals surface area contributed by atoms with E-state index in [-0.39, 0.29) is 12.7 Å². The zero-order chi connectivity index (χ0) is 10.0. The first-order valence-electron chi connectivity index (χ1n) is 4.68. The summed E-state index contributed by atoms with van der Waals surface area (Å²) >= 11 is 0. The lowest BCUT2D eigenvalue weighted by Gasteiger charge is -2.36. The second-order valence-electron chi connectivity index (χ2n) is 4.05. The van der Waals surface area contributed by atoms with Crippen molar-refractivity contribution >= 4 is 0 Å². The van der Waals surface area contributed by atoms with Gasteiger partial charge in [-0.2, -0.15) is 0 Å². The fraction of sp³-hybridized carbons (Fsp3) is 1.00. The van der Waals surface area contributed by atoms with Crippen LogP contribution in [0.15, 0.2) is 0 Å². The van der Waals surface area contributed by atoms with E-state index in [0.717, 1.165) is 0 Å². The first-order valence-corrected chi connectivity index (χ1v) is 4.68.